The van der Waals surface area contributed by atoms with E-state index in [0.29, 0.717) is 16.5 Å². The predicted molar refractivity (Wildman–Crippen MR) is 107 cm³/mol. The lowest BCUT2D eigenvalue weighted by Gasteiger charge is -2.07. The molecule has 0 saturated carbocycles. The van der Waals surface area contributed by atoms with Crippen LogP contribution in [0.5, 0.6) is 0 Å². The second-order valence-corrected chi connectivity index (χ2v) is 7.43. The van der Waals surface area contributed by atoms with Crippen molar-refractivity contribution in [1.29, 1.82) is 0 Å². The number of hydrogen-bond acceptors (Lipinski definition) is 7. The second-order valence-electron chi connectivity index (χ2n) is 6.07. The average molecular weight is 417 g/mol. The number of carbonyl (C=O) groups excluding carboxylic acids is 2. The van der Waals surface area contributed by atoms with Crippen LogP contribution in [0.4, 0.5) is 0 Å². The first-order valence-corrected chi connectivity index (χ1v) is 9.77. The smallest absolute Gasteiger partial charge is 0.316 e. The molecule has 0 aliphatic carbocycles. The molecule has 0 N–H and O–H groups in total. The Labute approximate surface area is 171 Å². The van der Waals surface area contributed by atoms with E-state index in [4.69, 9.17) is 20.8 Å². The van der Waals surface area contributed by atoms with Crippen molar-refractivity contribution in [3.63, 3.8) is 0 Å². The number of nitrogens with zero attached hydrogens (tertiary/aromatic N) is 2. The second kappa shape index (κ2) is 9.03. The van der Waals surface area contributed by atoms with E-state index in [0.717, 1.165) is 28.5 Å². The Hall–Kier alpha value is -2.64. The Morgan fingerprint density at radius 2 is 1.86 bits per heavy atom. The summed E-state index contributed by atoms with van der Waals surface area (Å²) in [5.74, 6) is -0.475. The van der Waals surface area contributed by atoms with E-state index in [1.807, 2.05) is 26.0 Å². The van der Waals surface area contributed by atoms with Gasteiger partial charge in [0.25, 0.3) is 5.22 Å². The summed E-state index contributed by atoms with van der Waals surface area (Å²) in [7, 11) is 0. The fraction of sp³-hybridized carbons (Fsp3) is 0.200. The Kier molecular flexibility index (Phi) is 6.49. The van der Waals surface area contributed by atoms with Gasteiger partial charge in [0.05, 0.1) is 0 Å². The van der Waals surface area contributed by atoms with Crippen molar-refractivity contribution in [1.82, 2.24) is 10.2 Å². The van der Waals surface area contributed by atoms with Crippen molar-refractivity contribution in [2.45, 2.75) is 19.1 Å². The van der Waals surface area contributed by atoms with Gasteiger partial charge in [0, 0.05) is 16.1 Å². The molecular formula is C20H17ClN2O4S. The highest BCUT2D eigenvalue weighted by Gasteiger charge is 2.15. The van der Waals surface area contributed by atoms with Crippen molar-refractivity contribution in [2.75, 3.05) is 12.4 Å². The van der Waals surface area contributed by atoms with E-state index in [9.17, 15) is 9.59 Å². The molecule has 0 unspecified atom stereocenters. The topological polar surface area (TPSA) is 82.3 Å². The van der Waals surface area contributed by atoms with E-state index in [1.165, 1.54) is 0 Å². The van der Waals surface area contributed by atoms with Gasteiger partial charge in [0.15, 0.2) is 6.61 Å². The molecule has 3 aromatic rings. The first-order valence-electron chi connectivity index (χ1n) is 8.40. The normalized spacial score (nSPS) is 10.7. The zero-order valence-electron chi connectivity index (χ0n) is 15.3. The minimum Gasteiger partial charge on any atom is -0.457 e. The first kappa shape index (κ1) is 20.1. The molecule has 0 saturated heterocycles. The Bertz CT molecular complexity index is 1000. The minimum atomic E-state index is -0.533. The predicted octanol–water partition coefficient (Wildman–Crippen LogP) is 4.53. The van der Waals surface area contributed by atoms with Crippen LogP contribution in [-0.2, 0) is 9.53 Å². The third-order valence-electron chi connectivity index (χ3n) is 3.87. The monoisotopic (exact) mass is 416 g/mol. The summed E-state index contributed by atoms with van der Waals surface area (Å²) in [4.78, 5) is 24.2. The molecule has 1 heterocycles. The maximum atomic E-state index is 12.2. The van der Waals surface area contributed by atoms with E-state index in [1.54, 1.807) is 30.3 Å². The van der Waals surface area contributed by atoms with Crippen molar-refractivity contribution < 1.29 is 18.7 Å². The van der Waals surface area contributed by atoms with Gasteiger partial charge in [-0.2, -0.15) is 0 Å². The summed E-state index contributed by atoms with van der Waals surface area (Å²) < 4.78 is 10.6. The number of ketones is 1. The number of benzene rings is 2. The summed E-state index contributed by atoms with van der Waals surface area (Å²) in [5, 5.41) is 8.67. The molecule has 0 fully saturated rings. The van der Waals surface area contributed by atoms with Crippen LogP contribution in [-0.4, -0.2) is 34.3 Å². The fourth-order valence-corrected chi connectivity index (χ4v) is 3.09. The number of rotatable bonds is 7. The number of ether oxygens (including phenoxy) is 1. The standard InChI is InChI=1S/C20H17ClN2O4S/c1-12-3-4-13(2)16(9-12)17(24)10-26-18(25)11-28-20-23-22-19(27-20)14-5-7-15(21)8-6-14/h3-9H,10-11H2,1-2H3. The molecule has 2 aromatic carbocycles. The molecular weight excluding hydrogens is 400 g/mol. The number of aromatic nitrogens is 2. The summed E-state index contributed by atoms with van der Waals surface area (Å²) in [6.45, 7) is 3.45. The van der Waals surface area contributed by atoms with Crippen LogP contribution in [0.15, 0.2) is 52.1 Å². The van der Waals surface area contributed by atoms with Crippen LogP contribution in [0.25, 0.3) is 11.5 Å². The van der Waals surface area contributed by atoms with Gasteiger partial charge in [0.2, 0.25) is 11.7 Å². The number of halogens is 1. The number of esters is 1. The first-order chi connectivity index (χ1) is 13.4. The van der Waals surface area contributed by atoms with Crippen molar-refractivity contribution in [3.05, 3.63) is 64.2 Å². The van der Waals surface area contributed by atoms with Crippen LogP contribution in [0, 0.1) is 13.8 Å². The highest BCUT2D eigenvalue weighted by atomic mass is 35.5. The van der Waals surface area contributed by atoms with Gasteiger partial charge < -0.3 is 9.15 Å². The molecule has 0 aliphatic rings. The molecule has 28 heavy (non-hydrogen) atoms. The summed E-state index contributed by atoms with van der Waals surface area (Å²) >= 11 is 6.90. The van der Waals surface area contributed by atoms with Gasteiger partial charge in [-0.3, -0.25) is 9.59 Å². The molecule has 6 nitrogen and oxygen atoms in total. The van der Waals surface area contributed by atoms with E-state index >= 15 is 0 Å². The van der Waals surface area contributed by atoms with Crippen LogP contribution >= 0.6 is 23.4 Å². The van der Waals surface area contributed by atoms with Gasteiger partial charge in [0.1, 0.15) is 5.75 Å². The summed E-state index contributed by atoms with van der Waals surface area (Å²) in [5.41, 5.74) is 3.11. The van der Waals surface area contributed by atoms with Crippen LogP contribution in [0.1, 0.15) is 21.5 Å². The lowest BCUT2D eigenvalue weighted by Crippen LogP contribution is -2.16. The molecule has 0 atom stereocenters. The van der Waals surface area contributed by atoms with Crippen molar-refractivity contribution >= 4 is 35.1 Å². The third kappa shape index (κ3) is 5.21. The largest absolute Gasteiger partial charge is 0.457 e. The molecule has 3 rings (SSSR count). The van der Waals surface area contributed by atoms with Crippen molar-refractivity contribution in [3.8, 4) is 11.5 Å². The Balaban J connectivity index is 1.50. The van der Waals surface area contributed by atoms with Gasteiger partial charge in [-0.05, 0) is 49.7 Å². The van der Waals surface area contributed by atoms with E-state index in [2.05, 4.69) is 10.2 Å². The number of aryl methyl sites for hydroxylation is 2. The van der Waals surface area contributed by atoms with Gasteiger partial charge >= 0.3 is 5.97 Å². The van der Waals surface area contributed by atoms with Gasteiger partial charge in [-0.15, -0.1) is 10.2 Å². The van der Waals surface area contributed by atoms with Crippen molar-refractivity contribution in [2.24, 2.45) is 0 Å². The summed E-state index contributed by atoms with van der Waals surface area (Å²) in [6, 6.07) is 12.5. The van der Waals surface area contributed by atoms with E-state index in [-0.39, 0.29) is 23.4 Å². The maximum Gasteiger partial charge on any atom is 0.316 e. The lowest BCUT2D eigenvalue weighted by molar-refractivity contribution is -0.139. The SMILES string of the molecule is Cc1ccc(C)c(C(=O)COC(=O)CSc2nnc(-c3ccc(Cl)cc3)o2)c1. The van der Waals surface area contributed by atoms with E-state index < -0.39 is 5.97 Å². The molecule has 0 aliphatic heterocycles. The number of Topliss-reactive ketones (excluding diaryl/α,β-unsaturated/α-hetero) is 1. The van der Waals surface area contributed by atoms with Crippen LogP contribution < -0.4 is 0 Å². The maximum absolute atomic E-state index is 12.2. The van der Waals surface area contributed by atoms with Gasteiger partial charge in [-0.1, -0.05) is 41.1 Å². The average Bonchev–Trinajstić information content (AvgIpc) is 3.16. The molecule has 8 heteroatoms. The molecule has 0 amide bonds. The zero-order valence-corrected chi connectivity index (χ0v) is 16.8. The van der Waals surface area contributed by atoms with Crippen LogP contribution in [0.2, 0.25) is 5.02 Å². The third-order valence-corrected chi connectivity index (χ3v) is 4.91. The van der Waals surface area contributed by atoms with Gasteiger partial charge in [-0.25, -0.2) is 0 Å². The molecule has 144 valence electrons. The fourth-order valence-electron chi connectivity index (χ4n) is 2.40. The Morgan fingerprint density at radius 3 is 2.61 bits per heavy atom. The molecule has 0 spiro atoms. The summed E-state index contributed by atoms with van der Waals surface area (Å²) in [6.07, 6.45) is 0. The molecule has 0 radical (unpaired) electrons. The number of hydrogen-bond donors (Lipinski definition) is 0. The quantitative estimate of drug-likeness (QED) is 0.318. The Morgan fingerprint density at radius 1 is 1.11 bits per heavy atom. The number of carbonyl (C=O) groups is 2. The zero-order chi connectivity index (χ0) is 20.1. The molecule has 1 aromatic heterocycles. The van der Waals surface area contributed by atoms with Crippen LogP contribution in [0.3, 0.4) is 0 Å². The highest BCUT2D eigenvalue weighted by molar-refractivity contribution is 7.99. The minimum absolute atomic E-state index is 0.0394. The highest BCUT2D eigenvalue weighted by Crippen LogP contribution is 2.24. The number of thioether (sulfide) groups is 1. The molecule has 0 bridgehead atoms. The lowest BCUT2D eigenvalue weighted by atomic mass is 10.0.